The molecule has 0 bridgehead atoms. The molecule has 6 saturated heterocycles. The van der Waals surface area contributed by atoms with E-state index in [1.54, 1.807) is 0 Å². The molecule has 0 aromatic heterocycles. The zero-order valence-corrected chi connectivity index (χ0v) is 54.8. The molecule has 0 aromatic rings. The van der Waals surface area contributed by atoms with E-state index in [-0.39, 0.29) is 65.0 Å². The Morgan fingerprint density at radius 1 is 0.689 bits per heavy atom. The standard InChI is InChI=1S/C59H92O29S.Na/c1-24(2)10-9-15-58(8)48-29(62)18-57(7)28-11-12-33-55(4,5)34(14-16-56(33,6)27(28)13-17-59(48,57)54(73)88-58)83-52-46(35(64)26(21-77-52)22-79-89(74,75)76)87-53-47(86-49-40(69)36(65)30(63)23-78-49)42(71)44(25(3)80-53)84-51-43(72)45(38(67)32(20-61)82-51)85-50-41(70)39(68)37(66)31(19-60)81-50;/h11,25-27,30-53,60-61,63-72H,1,9-10,12-23H2,2-8H3,(H,74,75,76);/q;+1/p-1/t25-,26+,27?,30-,31-,32-,33?,34+,35+,36+,37-,38-,39+,40-,41-,42+,43-,44-,45+,46-,47-,48-,49+,50+,51+,52+,53+,56?,57+,58+,59+;/m1./s1. The first-order valence-corrected chi connectivity index (χ1v) is 32.2. The normalized spacial score (nSPS) is 50.1. The summed E-state index contributed by atoms with van der Waals surface area (Å²) in [6.45, 7) is 14.0. The van der Waals surface area contributed by atoms with Crippen molar-refractivity contribution in [1.29, 1.82) is 0 Å². The summed E-state index contributed by atoms with van der Waals surface area (Å²) < 4.78 is 107. The number of fused-ring (bicyclic) bond motifs is 4. The molecule has 1 spiro atoms. The number of ketones is 1. The Balaban J connectivity index is 0.00000960. The van der Waals surface area contributed by atoms with E-state index in [1.807, 2.05) is 13.8 Å². The molecule has 31 heteroatoms. The summed E-state index contributed by atoms with van der Waals surface area (Å²) >= 11 is 0. The van der Waals surface area contributed by atoms with Gasteiger partial charge >= 0.3 is 35.5 Å². The molecule has 6 heterocycles. The van der Waals surface area contributed by atoms with Gasteiger partial charge in [-0.25, -0.2) is 8.42 Å². The molecule has 4 aliphatic carbocycles. The van der Waals surface area contributed by atoms with Gasteiger partial charge < -0.3 is 118 Å². The van der Waals surface area contributed by atoms with Crippen LogP contribution in [0.15, 0.2) is 23.8 Å². The third kappa shape index (κ3) is 12.9. The minimum atomic E-state index is -5.32. The Morgan fingerprint density at radius 2 is 1.29 bits per heavy atom. The Kier molecular flexibility index (Phi) is 22.3. The summed E-state index contributed by atoms with van der Waals surface area (Å²) in [5.41, 5.74) is -1.71. The number of carbonyl (C=O) groups excluding carboxylic acids is 2. The zero-order chi connectivity index (χ0) is 65.0. The second-order valence-electron chi connectivity index (χ2n) is 27.8. The molecule has 0 amide bonds. The van der Waals surface area contributed by atoms with Gasteiger partial charge in [0.25, 0.3) is 0 Å². The smallest absolute Gasteiger partial charge is 0.726 e. The maximum absolute atomic E-state index is 14.5. The zero-order valence-electron chi connectivity index (χ0n) is 52.0. The van der Waals surface area contributed by atoms with E-state index in [9.17, 15) is 83.8 Å². The van der Waals surface area contributed by atoms with Crippen molar-refractivity contribution in [2.75, 3.05) is 33.0 Å². The summed E-state index contributed by atoms with van der Waals surface area (Å²) in [6, 6.07) is 0. The fraction of sp³-hybridized carbons (Fsp3) is 0.898. The minimum absolute atomic E-state index is 0. The number of cyclic esters (lactones) is 1. The van der Waals surface area contributed by atoms with Gasteiger partial charge in [-0.3, -0.25) is 13.8 Å². The molecule has 508 valence electrons. The number of ether oxygens (including phenoxy) is 11. The Hall–Kier alpha value is -1.39. The molecule has 10 rings (SSSR count). The topological polar surface area (TPSA) is 445 Å². The van der Waals surface area contributed by atoms with Crippen molar-refractivity contribution in [1.82, 2.24) is 0 Å². The molecule has 0 aromatic carbocycles. The van der Waals surface area contributed by atoms with Crippen LogP contribution in [0.25, 0.3) is 0 Å². The molecule has 31 atom stereocenters. The first-order valence-electron chi connectivity index (χ1n) is 30.9. The van der Waals surface area contributed by atoms with Crippen LogP contribution in [0.4, 0.5) is 0 Å². The number of hydrogen-bond acceptors (Lipinski definition) is 29. The van der Waals surface area contributed by atoms with E-state index in [0.29, 0.717) is 38.5 Å². The van der Waals surface area contributed by atoms with Crippen LogP contribution in [0.5, 0.6) is 0 Å². The maximum Gasteiger partial charge on any atom is 1.00 e. The van der Waals surface area contributed by atoms with E-state index in [0.717, 1.165) is 24.0 Å². The SMILES string of the molecule is C=C(C)CCC[C@]1(C)OC(=O)[C@@]23CCC4C(=CCC5C4(C)CC[C@H](O[C@@H]4OC[C@@H](COS(=O)(=O)[O-])[C@H](O)[C@H]4O[C@@H]4O[C@H](C)[C@@H](O[C@@H]6O[C@H](CO)[C@@H](O)[C@H](O[C@@H]7O[C@H](CO)[C@@H](O)[C@H](O)[C@H]7O)[C@H]6O)[C@H](O)[C@H]4O[C@@H]4OC[C@@H](O)[C@H](O)[C@H]4O)C5(C)C)[C@]2(C)CC(=O)[C@H]13.[Na+]. The fourth-order valence-electron chi connectivity index (χ4n) is 17.1. The number of aliphatic hydroxyl groups excluding tert-OH is 12. The van der Waals surface area contributed by atoms with Crippen molar-refractivity contribution in [3.05, 3.63) is 23.8 Å². The first kappa shape index (κ1) is 72.9. The second-order valence-corrected chi connectivity index (χ2v) is 28.9. The Morgan fingerprint density at radius 3 is 1.94 bits per heavy atom. The van der Waals surface area contributed by atoms with Crippen LogP contribution in [0.1, 0.15) is 106 Å². The third-order valence-electron chi connectivity index (χ3n) is 21.9. The third-order valence-corrected chi connectivity index (χ3v) is 22.3. The number of rotatable bonds is 19. The summed E-state index contributed by atoms with van der Waals surface area (Å²) in [4.78, 5) is 28.9. The number of carbonyl (C=O) groups is 2. The summed E-state index contributed by atoms with van der Waals surface area (Å²) in [5, 5.41) is 131. The van der Waals surface area contributed by atoms with Gasteiger partial charge in [-0.15, -0.1) is 6.58 Å². The molecule has 6 aliphatic heterocycles. The number of Topliss-reactive ketones (excluding diaryl/α,β-unsaturated/α-hetero) is 1. The van der Waals surface area contributed by atoms with Crippen LogP contribution in [-0.4, -0.2) is 266 Å². The van der Waals surface area contributed by atoms with Crippen LogP contribution < -0.4 is 29.6 Å². The molecule has 0 radical (unpaired) electrons. The van der Waals surface area contributed by atoms with Crippen LogP contribution in [0, 0.1) is 45.3 Å². The van der Waals surface area contributed by atoms with Gasteiger partial charge in [-0.2, -0.15) is 0 Å². The molecule has 29 nitrogen and oxygen atoms in total. The first-order chi connectivity index (χ1) is 41.7. The molecule has 90 heavy (non-hydrogen) atoms. The minimum Gasteiger partial charge on any atom is -0.726 e. The predicted molar refractivity (Wildman–Crippen MR) is 296 cm³/mol. The van der Waals surface area contributed by atoms with Crippen molar-refractivity contribution < 1.29 is 170 Å². The summed E-state index contributed by atoms with van der Waals surface area (Å²) in [6.07, 6.45) is -33.4. The van der Waals surface area contributed by atoms with Crippen LogP contribution >= 0.6 is 0 Å². The van der Waals surface area contributed by atoms with E-state index in [4.69, 9.17) is 52.1 Å². The van der Waals surface area contributed by atoms with Crippen molar-refractivity contribution >= 4 is 22.2 Å². The van der Waals surface area contributed by atoms with Gasteiger partial charge in [0.15, 0.2) is 31.5 Å². The van der Waals surface area contributed by atoms with Crippen molar-refractivity contribution in [2.45, 2.75) is 253 Å². The van der Waals surface area contributed by atoms with E-state index >= 15 is 0 Å². The Bertz CT molecular complexity index is 2710. The molecular formula is C59H91NaO29S. The second kappa shape index (κ2) is 27.5. The molecule has 3 saturated carbocycles. The van der Waals surface area contributed by atoms with Crippen LogP contribution in [0.3, 0.4) is 0 Å². The van der Waals surface area contributed by atoms with Crippen molar-refractivity contribution in [3.63, 3.8) is 0 Å². The van der Waals surface area contributed by atoms with Gasteiger partial charge in [0.2, 0.25) is 10.4 Å². The average Bonchev–Trinajstić information content (AvgIpc) is 1.45. The van der Waals surface area contributed by atoms with Crippen molar-refractivity contribution in [3.8, 4) is 0 Å². The largest absolute Gasteiger partial charge is 1.00 e. The Labute approximate surface area is 544 Å². The predicted octanol–water partition coefficient (Wildman–Crippen LogP) is -5.66. The van der Waals surface area contributed by atoms with E-state index in [1.165, 1.54) is 6.92 Å². The van der Waals surface area contributed by atoms with Crippen LogP contribution in [0.2, 0.25) is 0 Å². The van der Waals surface area contributed by atoms with Gasteiger partial charge in [0.05, 0.1) is 62.7 Å². The van der Waals surface area contributed by atoms with Gasteiger partial charge in [0, 0.05) is 17.8 Å². The van der Waals surface area contributed by atoms with E-state index < -0.39 is 218 Å². The molecule has 9 fully saturated rings. The molecular weight excluding hydrogens is 1230 g/mol. The van der Waals surface area contributed by atoms with Gasteiger partial charge in [0.1, 0.15) is 103 Å². The van der Waals surface area contributed by atoms with Crippen LogP contribution in [-0.2, 0) is 76.3 Å². The number of esters is 1. The number of hydrogen-bond donors (Lipinski definition) is 12. The van der Waals surface area contributed by atoms with Crippen molar-refractivity contribution in [2.24, 2.45) is 45.3 Å². The number of allylic oxidation sites excluding steroid dienone is 3. The van der Waals surface area contributed by atoms with Gasteiger partial charge in [-0.1, -0.05) is 44.9 Å². The van der Waals surface area contributed by atoms with E-state index in [2.05, 4.69) is 44.5 Å². The molecule has 12 N–H and O–H groups in total. The number of aliphatic hydroxyl groups is 12. The summed E-state index contributed by atoms with van der Waals surface area (Å²) in [7, 11) is -5.32. The maximum atomic E-state index is 14.5. The molecule has 3 unspecified atom stereocenters. The monoisotopic (exact) mass is 1320 g/mol. The fourth-order valence-corrected chi connectivity index (χ4v) is 17.5. The average molecular weight is 1320 g/mol. The quantitative estimate of drug-likeness (QED) is 0.0189. The molecule has 10 aliphatic rings. The van der Waals surface area contributed by atoms with Gasteiger partial charge in [-0.05, 0) is 94.8 Å². The summed E-state index contributed by atoms with van der Waals surface area (Å²) in [5.74, 6) is -2.26.